The zero-order chi connectivity index (χ0) is 20.7. The number of carbonyl (C=O) groups excluding carboxylic acids is 5. The molecule has 1 heterocycles. The number of carbonyl (C=O) groups is 5. The molecule has 1 amide bonds. The Hall–Kier alpha value is -2.69. The lowest BCUT2D eigenvalue weighted by atomic mass is 9.96. The van der Waals surface area contributed by atoms with Crippen LogP contribution < -0.4 is 5.32 Å². The highest BCUT2D eigenvalue weighted by Crippen LogP contribution is 2.28. The van der Waals surface area contributed by atoms with E-state index in [1.54, 1.807) is 0 Å². The Balaban J connectivity index is 3.29. The Kier molecular flexibility index (Phi) is 8.16. The van der Waals surface area contributed by atoms with Gasteiger partial charge in [-0.15, -0.1) is 0 Å². The number of hydrogen-bond donors (Lipinski definition) is 1. The first-order chi connectivity index (χ1) is 12.5. The standard InChI is InChI=1S/C16H23NO10/c1-7(18)17-13-15(25-10(4)21)14(24-9(3)20)12(6-23-8(2)19)27-16(13)26-11(5)22/h12-16H,6H2,1-5H3,(H,17,18)/t12-,13-,14+,15-,16?/m1/s1. The van der Waals surface area contributed by atoms with Gasteiger partial charge in [-0.3, -0.25) is 24.0 Å². The Bertz CT molecular complexity index is 604. The van der Waals surface area contributed by atoms with Gasteiger partial charge in [0.2, 0.25) is 12.2 Å². The molecule has 0 aromatic heterocycles. The number of rotatable bonds is 6. The van der Waals surface area contributed by atoms with Crippen LogP contribution in [0.4, 0.5) is 0 Å². The molecule has 0 aromatic carbocycles. The first-order valence-corrected chi connectivity index (χ1v) is 8.08. The van der Waals surface area contributed by atoms with E-state index in [2.05, 4.69) is 5.32 Å². The summed E-state index contributed by atoms with van der Waals surface area (Å²) in [6.45, 7) is 5.36. The van der Waals surface area contributed by atoms with Crippen LogP contribution in [0, 0.1) is 0 Å². The quantitative estimate of drug-likeness (QED) is 0.453. The van der Waals surface area contributed by atoms with Crippen LogP contribution >= 0.6 is 0 Å². The predicted molar refractivity (Wildman–Crippen MR) is 85.8 cm³/mol. The summed E-state index contributed by atoms with van der Waals surface area (Å²) in [6.07, 6.45) is -4.97. The molecular weight excluding hydrogens is 366 g/mol. The highest BCUT2D eigenvalue weighted by atomic mass is 16.7. The van der Waals surface area contributed by atoms with Gasteiger partial charge in [0.15, 0.2) is 12.2 Å². The molecule has 0 radical (unpaired) electrons. The lowest BCUT2D eigenvalue weighted by Gasteiger charge is -2.44. The third-order valence-electron chi connectivity index (χ3n) is 3.35. The minimum absolute atomic E-state index is 0.365. The molecule has 1 unspecified atom stereocenters. The van der Waals surface area contributed by atoms with Crippen molar-refractivity contribution in [3.05, 3.63) is 0 Å². The zero-order valence-corrected chi connectivity index (χ0v) is 15.7. The van der Waals surface area contributed by atoms with Gasteiger partial charge in [0.05, 0.1) is 0 Å². The van der Waals surface area contributed by atoms with E-state index in [1.807, 2.05) is 0 Å². The van der Waals surface area contributed by atoms with Crippen LogP contribution in [0.25, 0.3) is 0 Å². The van der Waals surface area contributed by atoms with Crippen molar-refractivity contribution in [3.63, 3.8) is 0 Å². The predicted octanol–water partition coefficient (Wildman–Crippen LogP) is -0.794. The second-order valence-corrected chi connectivity index (χ2v) is 5.83. The van der Waals surface area contributed by atoms with Gasteiger partial charge < -0.3 is 29.0 Å². The van der Waals surface area contributed by atoms with E-state index in [0.717, 1.165) is 27.7 Å². The van der Waals surface area contributed by atoms with Gasteiger partial charge in [-0.05, 0) is 0 Å². The zero-order valence-electron chi connectivity index (χ0n) is 15.7. The topological polar surface area (TPSA) is 144 Å². The second kappa shape index (κ2) is 9.86. The smallest absolute Gasteiger partial charge is 0.305 e. The molecule has 11 nitrogen and oxygen atoms in total. The molecule has 1 fully saturated rings. The van der Waals surface area contributed by atoms with Crippen molar-refractivity contribution in [1.82, 2.24) is 5.32 Å². The number of amides is 1. The Morgan fingerprint density at radius 1 is 0.778 bits per heavy atom. The van der Waals surface area contributed by atoms with Crippen LogP contribution in [0.15, 0.2) is 0 Å². The molecule has 1 rings (SSSR count). The maximum Gasteiger partial charge on any atom is 0.305 e. The average Bonchev–Trinajstić information content (AvgIpc) is 2.49. The molecule has 0 spiro atoms. The van der Waals surface area contributed by atoms with Crippen molar-refractivity contribution < 1.29 is 47.7 Å². The maximum atomic E-state index is 11.6. The highest BCUT2D eigenvalue weighted by molar-refractivity contribution is 5.74. The van der Waals surface area contributed by atoms with Crippen molar-refractivity contribution in [3.8, 4) is 0 Å². The molecular formula is C16H23NO10. The molecule has 152 valence electrons. The van der Waals surface area contributed by atoms with Gasteiger partial charge in [0.25, 0.3) is 0 Å². The van der Waals surface area contributed by atoms with E-state index in [0.29, 0.717) is 0 Å². The van der Waals surface area contributed by atoms with E-state index in [9.17, 15) is 24.0 Å². The van der Waals surface area contributed by atoms with Gasteiger partial charge >= 0.3 is 23.9 Å². The van der Waals surface area contributed by atoms with Crippen molar-refractivity contribution in [2.45, 2.75) is 65.3 Å². The van der Waals surface area contributed by atoms with E-state index >= 15 is 0 Å². The van der Waals surface area contributed by atoms with Crippen LogP contribution in [0.1, 0.15) is 34.6 Å². The van der Waals surface area contributed by atoms with Crippen molar-refractivity contribution in [2.75, 3.05) is 6.61 Å². The lowest BCUT2D eigenvalue weighted by Crippen LogP contribution is -2.66. The minimum atomic E-state index is -1.37. The van der Waals surface area contributed by atoms with Crippen molar-refractivity contribution in [2.24, 2.45) is 0 Å². The van der Waals surface area contributed by atoms with Crippen molar-refractivity contribution >= 4 is 29.8 Å². The monoisotopic (exact) mass is 389 g/mol. The van der Waals surface area contributed by atoms with Crippen LogP contribution in [-0.4, -0.2) is 67.0 Å². The van der Waals surface area contributed by atoms with Crippen LogP contribution in [0.3, 0.4) is 0 Å². The average molecular weight is 389 g/mol. The van der Waals surface area contributed by atoms with E-state index in [-0.39, 0.29) is 6.61 Å². The summed E-state index contributed by atoms with van der Waals surface area (Å²) in [6, 6.07) is -1.16. The fraction of sp³-hybridized carbons (Fsp3) is 0.688. The van der Waals surface area contributed by atoms with Gasteiger partial charge in [-0.25, -0.2) is 0 Å². The summed E-state index contributed by atoms with van der Waals surface area (Å²) < 4.78 is 25.9. The lowest BCUT2D eigenvalue weighted by molar-refractivity contribution is -0.270. The summed E-state index contributed by atoms with van der Waals surface area (Å²) in [5, 5.41) is 2.46. The van der Waals surface area contributed by atoms with Gasteiger partial charge in [0.1, 0.15) is 18.8 Å². The normalized spacial score (nSPS) is 27.1. The summed E-state index contributed by atoms with van der Waals surface area (Å²) >= 11 is 0. The van der Waals surface area contributed by atoms with Gasteiger partial charge in [-0.2, -0.15) is 0 Å². The number of hydrogen-bond acceptors (Lipinski definition) is 10. The molecule has 5 atom stereocenters. The molecule has 27 heavy (non-hydrogen) atoms. The SMILES string of the molecule is CC(=O)N[C@H]1C(OC(C)=O)O[C@H](COC(C)=O)[C@H](OC(C)=O)[C@@H]1OC(C)=O. The molecule has 1 aliphatic heterocycles. The van der Waals surface area contributed by atoms with Gasteiger partial charge in [0, 0.05) is 34.6 Å². The molecule has 0 aliphatic carbocycles. The fourth-order valence-corrected chi connectivity index (χ4v) is 2.55. The first-order valence-electron chi connectivity index (χ1n) is 8.08. The van der Waals surface area contributed by atoms with Crippen LogP contribution in [0.2, 0.25) is 0 Å². The second-order valence-electron chi connectivity index (χ2n) is 5.83. The molecule has 1 N–H and O–H groups in total. The molecule has 1 aliphatic rings. The Morgan fingerprint density at radius 3 is 1.74 bits per heavy atom. The first kappa shape index (κ1) is 22.4. The number of nitrogens with one attached hydrogen (secondary N) is 1. The summed E-state index contributed by atoms with van der Waals surface area (Å²) in [5.74, 6) is -3.34. The Labute approximate surface area is 155 Å². The van der Waals surface area contributed by atoms with E-state index in [4.69, 9.17) is 23.7 Å². The molecule has 0 aromatic rings. The fourth-order valence-electron chi connectivity index (χ4n) is 2.55. The van der Waals surface area contributed by atoms with E-state index < -0.39 is 60.4 Å². The maximum absolute atomic E-state index is 11.6. The van der Waals surface area contributed by atoms with E-state index in [1.165, 1.54) is 6.92 Å². The number of ether oxygens (including phenoxy) is 5. The summed E-state index contributed by atoms with van der Waals surface area (Å²) in [4.78, 5) is 57.2. The number of esters is 4. The minimum Gasteiger partial charge on any atom is -0.463 e. The largest absolute Gasteiger partial charge is 0.463 e. The summed E-state index contributed by atoms with van der Waals surface area (Å²) in [5.41, 5.74) is 0. The highest BCUT2D eigenvalue weighted by Gasteiger charge is 2.52. The van der Waals surface area contributed by atoms with Crippen LogP contribution in [-0.2, 0) is 47.7 Å². The molecule has 0 bridgehead atoms. The molecule has 11 heteroatoms. The third-order valence-corrected chi connectivity index (χ3v) is 3.35. The summed E-state index contributed by atoms with van der Waals surface area (Å²) in [7, 11) is 0. The molecule has 0 saturated carbocycles. The van der Waals surface area contributed by atoms with Crippen molar-refractivity contribution in [1.29, 1.82) is 0 Å². The van der Waals surface area contributed by atoms with Gasteiger partial charge in [-0.1, -0.05) is 0 Å². The third kappa shape index (κ3) is 7.21. The molecule has 1 saturated heterocycles. The Morgan fingerprint density at radius 2 is 1.30 bits per heavy atom. The van der Waals surface area contributed by atoms with Crippen LogP contribution in [0.5, 0.6) is 0 Å².